The molecule has 2 rings (SSSR count). The van der Waals surface area contributed by atoms with E-state index in [4.69, 9.17) is 5.53 Å². The quantitative estimate of drug-likeness (QED) is 0.261. The number of hydrogen-bond donors (Lipinski definition) is 0. The molecule has 0 aliphatic carbocycles. The lowest BCUT2D eigenvalue weighted by Crippen LogP contribution is -2.34. The molecule has 2 aromatic rings. The summed E-state index contributed by atoms with van der Waals surface area (Å²) in [5.41, 5.74) is 10.4. The Morgan fingerprint density at radius 3 is 2.90 bits per heavy atom. The zero-order chi connectivity index (χ0) is 14.0. The van der Waals surface area contributed by atoms with Gasteiger partial charge in [0.25, 0.3) is 0 Å². The summed E-state index contributed by atoms with van der Waals surface area (Å²) in [5, 5.41) is 3.44. The van der Waals surface area contributed by atoms with E-state index in [1.54, 1.807) is 6.20 Å². The van der Waals surface area contributed by atoms with Gasteiger partial charge in [-0.2, -0.15) is 4.57 Å². The van der Waals surface area contributed by atoms with Crippen molar-refractivity contribution in [3.8, 4) is 0 Å². The van der Waals surface area contributed by atoms with E-state index < -0.39 is 0 Å². The van der Waals surface area contributed by atoms with Gasteiger partial charge in [-0.1, -0.05) is 47.6 Å². The number of hydrogen-bond acceptors (Lipinski definition) is 2. The third-order valence-electron chi connectivity index (χ3n) is 2.77. The molecule has 0 aliphatic heterocycles. The first-order chi connectivity index (χ1) is 9.88. The highest BCUT2D eigenvalue weighted by atomic mass is 15.1. The average Bonchev–Trinajstić information content (AvgIpc) is 2.48. The number of azide groups is 1. The molecule has 20 heavy (non-hydrogen) atoms. The Bertz CT molecular complexity index is 615. The molecule has 0 aliphatic rings. The minimum atomic E-state index is 0.382. The van der Waals surface area contributed by atoms with Crippen molar-refractivity contribution >= 4 is 0 Å². The fourth-order valence-corrected chi connectivity index (χ4v) is 1.84. The molecule has 0 amide bonds. The van der Waals surface area contributed by atoms with Crippen LogP contribution in [0.5, 0.6) is 0 Å². The molecule has 0 saturated heterocycles. The van der Waals surface area contributed by atoms with Gasteiger partial charge >= 0.3 is 0 Å². The average molecular weight is 266 g/mol. The van der Waals surface area contributed by atoms with Crippen LogP contribution in [0, 0.1) is 0 Å². The van der Waals surface area contributed by atoms with E-state index in [1.165, 1.54) is 5.56 Å². The normalized spacial score (nSPS) is 10.4. The summed E-state index contributed by atoms with van der Waals surface area (Å²) in [5.74, 6) is 0. The van der Waals surface area contributed by atoms with Gasteiger partial charge in [-0.25, -0.2) is 4.98 Å². The molecule has 0 unspecified atom stereocenters. The molecule has 5 nitrogen and oxygen atoms in total. The van der Waals surface area contributed by atoms with Crippen LogP contribution in [0.2, 0.25) is 0 Å². The van der Waals surface area contributed by atoms with Gasteiger partial charge in [-0.15, -0.1) is 0 Å². The second kappa shape index (κ2) is 7.71. The third kappa shape index (κ3) is 4.55. The second-order valence-electron chi connectivity index (χ2n) is 4.29. The highest BCUT2D eigenvalue weighted by Crippen LogP contribution is 1.98. The number of nitrogens with zero attached hydrogens (tertiary/aromatic N) is 5. The maximum absolute atomic E-state index is 8.17. The molecule has 0 atom stereocenters. The van der Waals surface area contributed by atoms with Crippen molar-refractivity contribution in [2.24, 2.45) is 5.11 Å². The van der Waals surface area contributed by atoms with Gasteiger partial charge < -0.3 is 0 Å². The SMILES string of the molecule is [N-]=[N+]=NCC=CCc1c[n+](Cc2ccccc2)ccn1. The van der Waals surface area contributed by atoms with Gasteiger partial charge in [0, 0.05) is 23.4 Å². The standard InChI is InChI=1S/C15H16N5/c16-19-18-9-5-4-8-15-13-20(11-10-17-15)12-14-6-2-1-3-7-14/h1-7,10-11,13H,8-9,12H2/q+1. The van der Waals surface area contributed by atoms with E-state index in [1.807, 2.05) is 42.7 Å². The summed E-state index contributed by atoms with van der Waals surface area (Å²) in [6.45, 7) is 1.21. The van der Waals surface area contributed by atoms with Crippen LogP contribution < -0.4 is 4.57 Å². The van der Waals surface area contributed by atoms with E-state index in [2.05, 4.69) is 31.7 Å². The van der Waals surface area contributed by atoms with E-state index >= 15 is 0 Å². The summed E-state index contributed by atoms with van der Waals surface area (Å²) < 4.78 is 2.11. The van der Waals surface area contributed by atoms with Crippen LogP contribution in [0.3, 0.4) is 0 Å². The molecule has 0 N–H and O–H groups in total. The molecule has 5 heteroatoms. The minimum Gasteiger partial charge on any atom is -0.248 e. The topological polar surface area (TPSA) is 65.5 Å². The summed E-state index contributed by atoms with van der Waals surface area (Å²) in [6, 6.07) is 10.3. The lowest BCUT2D eigenvalue weighted by Gasteiger charge is -1.99. The molecule has 1 aromatic carbocycles. The molecule has 0 radical (unpaired) electrons. The van der Waals surface area contributed by atoms with Crippen molar-refractivity contribution in [2.75, 3.05) is 6.54 Å². The van der Waals surface area contributed by atoms with Crippen molar-refractivity contribution in [1.82, 2.24) is 4.98 Å². The first-order valence-electron chi connectivity index (χ1n) is 6.42. The van der Waals surface area contributed by atoms with E-state index in [0.29, 0.717) is 6.54 Å². The van der Waals surface area contributed by atoms with Crippen molar-refractivity contribution in [2.45, 2.75) is 13.0 Å². The minimum absolute atomic E-state index is 0.382. The summed E-state index contributed by atoms with van der Waals surface area (Å²) >= 11 is 0. The Morgan fingerprint density at radius 2 is 2.10 bits per heavy atom. The van der Waals surface area contributed by atoms with Gasteiger partial charge in [-0.3, -0.25) is 0 Å². The molecule has 0 saturated carbocycles. The maximum Gasteiger partial charge on any atom is 0.191 e. The lowest BCUT2D eigenvalue weighted by atomic mass is 10.2. The van der Waals surface area contributed by atoms with Crippen LogP contribution in [0.1, 0.15) is 11.3 Å². The highest BCUT2D eigenvalue weighted by molar-refractivity contribution is 5.13. The van der Waals surface area contributed by atoms with Gasteiger partial charge in [0.15, 0.2) is 18.9 Å². The van der Waals surface area contributed by atoms with E-state index in [-0.39, 0.29) is 0 Å². The smallest absolute Gasteiger partial charge is 0.191 e. The fraction of sp³-hybridized carbons (Fsp3) is 0.200. The van der Waals surface area contributed by atoms with Gasteiger partial charge in [0.05, 0.1) is 6.20 Å². The van der Waals surface area contributed by atoms with Crippen LogP contribution in [-0.2, 0) is 13.0 Å². The largest absolute Gasteiger partial charge is 0.248 e. The second-order valence-corrected chi connectivity index (χ2v) is 4.29. The van der Waals surface area contributed by atoms with Gasteiger partial charge in [-0.05, 0) is 5.53 Å². The van der Waals surface area contributed by atoms with Crippen LogP contribution in [0.4, 0.5) is 0 Å². The molecule has 1 heterocycles. The van der Waals surface area contributed by atoms with Crippen LogP contribution >= 0.6 is 0 Å². The van der Waals surface area contributed by atoms with E-state index in [0.717, 1.165) is 18.7 Å². The zero-order valence-electron chi connectivity index (χ0n) is 11.1. The Labute approximate surface area is 117 Å². The summed E-state index contributed by atoms with van der Waals surface area (Å²) in [6.07, 6.45) is 10.3. The Balaban J connectivity index is 1.97. The summed E-state index contributed by atoms with van der Waals surface area (Å²) in [4.78, 5) is 7.02. The number of rotatable bonds is 6. The number of allylic oxidation sites excluding steroid dienone is 1. The monoisotopic (exact) mass is 266 g/mol. The van der Waals surface area contributed by atoms with Gasteiger partial charge in [0.2, 0.25) is 0 Å². The molecule has 1 aromatic heterocycles. The van der Waals surface area contributed by atoms with Gasteiger partial charge in [0.1, 0.15) is 5.69 Å². The molecule has 0 bridgehead atoms. The molecular formula is C15H16N5+. The first kappa shape index (κ1) is 13.8. The first-order valence-corrected chi connectivity index (χ1v) is 6.42. The van der Waals surface area contributed by atoms with Crippen LogP contribution in [0.15, 0.2) is 66.2 Å². The summed E-state index contributed by atoms with van der Waals surface area (Å²) in [7, 11) is 0. The van der Waals surface area contributed by atoms with Crippen molar-refractivity contribution in [3.63, 3.8) is 0 Å². The molecule has 0 fully saturated rings. The molecule has 100 valence electrons. The van der Waals surface area contributed by atoms with E-state index in [9.17, 15) is 0 Å². The Morgan fingerprint density at radius 1 is 1.25 bits per heavy atom. The molecule has 0 spiro atoms. The zero-order valence-corrected chi connectivity index (χ0v) is 11.1. The van der Waals surface area contributed by atoms with Crippen LogP contribution in [-0.4, -0.2) is 11.5 Å². The lowest BCUT2D eigenvalue weighted by molar-refractivity contribution is -0.689. The predicted molar refractivity (Wildman–Crippen MR) is 76.8 cm³/mol. The Kier molecular flexibility index (Phi) is 5.31. The Hall–Kier alpha value is -2.65. The van der Waals surface area contributed by atoms with Crippen molar-refractivity contribution in [1.29, 1.82) is 0 Å². The van der Waals surface area contributed by atoms with Crippen molar-refractivity contribution in [3.05, 3.63) is 82.8 Å². The number of aromatic nitrogens is 2. The predicted octanol–water partition coefficient (Wildman–Crippen LogP) is 2.83. The van der Waals surface area contributed by atoms with Crippen molar-refractivity contribution < 1.29 is 4.57 Å². The third-order valence-corrected chi connectivity index (χ3v) is 2.77. The fourth-order valence-electron chi connectivity index (χ4n) is 1.84. The highest BCUT2D eigenvalue weighted by Gasteiger charge is 2.04. The van der Waals surface area contributed by atoms with Crippen LogP contribution in [0.25, 0.3) is 10.4 Å². The molecular weight excluding hydrogens is 250 g/mol. The maximum atomic E-state index is 8.17. The number of benzene rings is 1.